The molecule has 148 valence electrons. The first-order valence-corrected chi connectivity index (χ1v) is 10.5. The smallest absolute Gasteiger partial charge is 0.252 e. The van der Waals surface area contributed by atoms with Crippen molar-refractivity contribution in [3.63, 3.8) is 0 Å². The molecular formula is C21H27N5OS. The van der Waals surface area contributed by atoms with Crippen molar-refractivity contribution in [1.29, 1.82) is 0 Å². The summed E-state index contributed by atoms with van der Waals surface area (Å²) in [5.41, 5.74) is 9.96. The number of nitrogens with one attached hydrogen (secondary N) is 1. The number of thiazole rings is 1. The lowest BCUT2D eigenvalue weighted by Gasteiger charge is -2.33. The number of anilines is 1. The fourth-order valence-corrected chi connectivity index (χ4v) is 5.16. The van der Waals surface area contributed by atoms with Crippen molar-refractivity contribution in [1.82, 2.24) is 14.6 Å². The molecular weight excluding hydrogens is 370 g/mol. The largest absolute Gasteiger partial charge is 0.379 e. The Labute approximate surface area is 169 Å². The fraction of sp³-hybridized carbons (Fsp3) is 0.476. The molecule has 1 amide bonds. The van der Waals surface area contributed by atoms with E-state index in [-0.39, 0.29) is 11.5 Å². The molecule has 3 aromatic heterocycles. The predicted octanol–water partition coefficient (Wildman–Crippen LogP) is 4.41. The molecule has 3 aromatic rings. The maximum Gasteiger partial charge on any atom is 0.252 e. The van der Waals surface area contributed by atoms with E-state index < -0.39 is 5.91 Å². The van der Waals surface area contributed by atoms with Gasteiger partial charge in [-0.3, -0.25) is 4.79 Å². The number of nitrogens with two attached hydrogens (primary N) is 1. The van der Waals surface area contributed by atoms with E-state index in [2.05, 4.69) is 42.2 Å². The lowest BCUT2D eigenvalue weighted by Crippen LogP contribution is -2.35. The second-order valence-corrected chi connectivity index (χ2v) is 9.70. The van der Waals surface area contributed by atoms with Crippen LogP contribution < -0.4 is 11.1 Å². The zero-order valence-electron chi connectivity index (χ0n) is 17.0. The van der Waals surface area contributed by atoms with E-state index >= 15 is 0 Å². The topological polar surface area (TPSA) is 85.3 Å². The van der Waals surface area contributed by atoms with Crippen LogP contribution >= 0.6 is 11.3 Å². The molecule has 0 spiro atoms. The number of aromatic nitrogens is 3. The zero-order chi connectivity index (χ0) is 20.2. The Kier molecular flexibility index (Phi) is 4.45. The van der Waals surface area contributed by atoms with Crippen molar-refractivity contribution < 1.29 is 4.79 Å². The molecule has 6 nitrogen and oxygen atoms in total. The van der Waals surface area contributed by atoms with Crippen LogP contribution in [0.3, 0.4) is 0 Å². The van der Waals surface area contributed by atoms with Crippen molar-refractivity contribution >= 4 is 28.4 Å². The molecule has 1 aliphatic rings. The van der Waals surface area contributed by atoms with Crippen LogP contribution in [0.2, 0.25) is 0 Å². The normalized spacial score (nSPS) is 21.3. The maximum atomic E-state index is 12.1. The highest BCUT2D eigenvalue weighted by Crippen LogP contribution is 2.44. The first-order chi connectivity index (χ1) is 13.2. The van der Waals surface area contributed by atoms with Gasteiger partial charge in [-0.2, -0.15) is 5.10 Å². The number of hydrogen-bond donors (Lipinski definition) is 2. The summed E-state index contributed by atoms with van der Waals surface area (Å²) in [5, 5.41) is 9.13. The molecule has 4 rings (SSSR count). The average Bonchev–Trinajstić information content (AvgIpc) is 3.26. The Morgan fingerprint density at radius 3 is 2.68 bits per heavy atom. The van der Waals surface area contributed by atoms with Crippen molar-refractivity contribution in [3.8, 4) is 10.4 Å². The summed E-state index contributed by atoms with van der Waals surface area (Å²) in [4.78, 5) is 17.8. The Balaban J connectivity index is 1.84. The van der Waals surface area contributed by atoms with Gasteiger partial charge in [-0.1, -0.05) is 20.8 Å². The number of rotatable bonds is 4. The Bertz CT molecular complexity index is 1060. The number of aryl methyl sites for hydroxylation is 2. The standard InChI is InChI=1S/C21H27N5OS/c1-11-6-7-17(21(11,4)5)25-18-15(20(22)27)9-23-26-10-14(8-16(18)26)19-12(2)24-13(3)28-19/h8-11,17,25H,6-7H2,1-5H3,(H2,22,27)/t11?,17-/m1/s1. The monoisotopic (exact) mass is 397 g/mol. The summed E-state index contributed by atoms with van der Waals surface area (Å²) in [5.74, 6) is 0.152. The molecule has 3 heterocycles. The number of nitrogens with zero attached hydrogens (tertiary/aromatic N) is 3. The molecule has 1 fully saturated rings. The SMILES string of the molecule is Cc1nc(C)c(-c2cc3c(N[C@@H]4CCC(C)C4(C)C)c(C(N)=O)cnn3c2)s1. The third-order valence-corrected chi connectivity index (χ3v) is 7.57. The number of primary amides is 1. The van der Waals surface area contributed by atoms with Gasteiger partial charge < -0.3 is 11.1 Å². The van der Waals surface area contributed by atoms with E-state index in [1.165, 1.54) is 6.42 Å². The summed E-state index contributed by atoms with van der Waals surface area (Å²) in [6.45, 7) is 10.9. The third-order valence-electron chi connectivity index (χ3n) is 6.44. The summed E-state index contributed by atoms with van der Waals surface area (Å²) in [7, 11) is 0. The maximum absolute atomic E-state index is 12.1. The zero-order valence-corrected chi connectivity index (χ0v) is 17.9. The van der Waals surface area contributed by atoms with E-state index in [0.29, 0.717) is 11.5 Å². The van der Waals surface area contributed by atoms with Gasteiger partial charge in [-0.15, -0.1) is 11.3 Å². The minimum atomic E-state index is -0.464. The van der Waals surface area contributed by atoms with Crippen molar-refractivity contribution in [2.24, 2.45) is 17.1 Å². The van der Waals surface area contributed by atoms with Crippen LogP contribution in [0.15, 0.2) is 18.5 Å². The molecule has 0 radical (unpaired) electrons. The van der Waals surface area contributed by atoms with Gasteiger partial charge in [0.15, 0.2) is 0 Å². The summed E-state index contributed by atoms with van der Waals surface area (Å²) < 4.78 is 1.82. The third kappa shape index (κ3) is 2.98. The molecule has 2 atom stereocenters. The van der Waals surface area contributed by atoms with Gasteiger partial charge in [-0.25, -0.2) is 9.50 Å². The van der Waals surface area contributed by atoms with E-state index in [9.17, 15) is 4.79 Å². The number of carbonyl (C=O) groups is 1. The van der Waals surface area contributed by atoms with Gasteiger partial charge in [-0.05, 0) is 44.1 Å². The molecule has 28 heavy (non-hydrogen) atoms. The Hall–Kier alpha value is -2.41. The summed E-state index contributed by atoms with van der Waals surface area (Å²) in [6.07, 6.45) is 5.80. The molecule has 0 aromatic carbocycles. The first-order valence-electron chi connectivity index (χ1n) is 9.70. The molecule has 1 saturated carbocycles. The van der Waals surface area contributed by atoms with Gasteiger partial charge in [0.2, 0.25) is 0 Å². The molecule has 0 bridgehead atoms. The molecule has 0 saturated heterocycles. The second kappa shape index (κ2) is 6.58. The van der Waals surface area contributed by atoms with Gasteiger partial charge in [0.1, 0.15) is 0 Å². The van der Waals surface area contributed by atoms with Crippen molar-refractivity contribution in [3.05, 3.63) is 34.7 Å². The minimum absolute atomic E-state index is 0.135. The van der Waals surface area contributed by atoms with Gasteiger partial charge >= 0.3 is 0 Å². The lowest BCUT2D eigenvalue weighted by atomic mass is 9.80. The number of hydrogen-bond acceptors (Lipinski definition) is 5. The van der Waals surface area contributed by atoms with Crippen LogP contribution in [0.5, 0.6) is 0 Å². The molecule has 3 N–H and O–H groups in total. The van der Waals surface area contributed by atoms with Gasteiger partial charge in [0, 0.05) is 17.8 Å². The molecule has 0 aliphatic heterocycles. The van der Waals surface area contributed by atoms with Crippen LogP contribution in [0.25, 0.3) is 16.0 Å². The number of amides is 1. The van der Waals surface area contributed by atoms with Crippen molar-refractivity contribution in [2.45, 2.75) is 53.5 Å². The van der Waals surface area contributed by atoms with E-state index in [0.717, 1.165) is 38.8 Å². The quantitative estimate of drug-likeness (QED) is 0.683. The summed E-state index contributed by atoms with van der Waals surface area (Å²) in [6, 6.07) is 2.35. The number of carbonyl (C=O) groups excluding carboxylic acids is 1. The molecule has 1 unspecified atom stereocenters. The lowest BCUT2D eigenvalue weighted by molar-refractivity contribution is 0.100. The predicted molar refractivity (Wildman–Crippen MR) is 114 cm³/mol. The van der Waals surface area contributed by atoms with E-state index in [1.807, 2.05) is 24.6 Å². The van der Waals surface area contributed by atoms with Crippen LogP contribution in [-0.2, 0) is 0 Å². The Morgan fingerprint density at radius 1 is 1.36 bits per heavy atom. The van der Waals surface area contributed by atoms with Crippen LogP contribution in [0.1, 0.15) is 54.7 Å². The summed E-state index contributed by atoms with van der Waals surface area (Å²) >= 11 is 1.67. The molecule has 7 heteroatoms. The van der Waals surface area contributed by atoms with Crippen LogP contribution in [0.4, 0.5) is 5.69 Å². The first kappa shape index (κ1) is 18.9. The minimum Gasteiger partial charge on any atom is -0.379 e. The Morgan fingerprint density at radius 2 is 2.11 bits per heavy atom. The molecule has 1 aliphatic carbocycles. The highest BCUT2D eigenvalue weighted by atomic mass is 32.1. The van der Waals surface area contributed by atoms with E-state index in [1.54, 1.807) is 17.5 Å². The van der Waals surface area contributed by atoms with Gasteiger partial charge in [0.25, 0.3) is 5.91 Å². The average molecular weight is 398 g/mol. The van der Waals surface area contributed by atoms with Crippen LogP contribution in [-0.4, -0.2) is 26.5 Å². The fourth-order valence-electron chi connectivity index (χ4n) is 4.26. The van der Waals surface area contributed by atoms with Crippen LogP contribution in [0, 0.1) is 25.2 Å². The second-order valence-electron chi connectivity index (χ2n) is 8.50. The van der Waals surface area contributed by atoms with E-state index in [4.69, 9.17) is 5.73 Å². The van der Waals surface area contributed by atoms with Crippen molar-refractivity contribution in [2.75, 3.05) is 5.32 Å². The highest BCUT2D eigenvalue weighted by molar-refractivity contribution is 7.15. The van der Waals surface area contributed by atoms with Gasteiger partial charge in [0.05, 0.1) is 38.5 Å². The highest BCUT2D eigenvalue weighted by Gasteiger charge is 2.41. The number of fused-ring (bicyclic) bond motifs is 1.